The van der Waals surface area contributed by atoms with Gasteiger partial charge in [-0.05, 0) is 18.4 Å². The molecule has 0 aliphatic rings. The highest BCUT2D eigenvalue weighted by atomic mass is 32.2. The zero-order chi connectivity index (χ0) is 12.3. The lowest BCUT2D eigenvalue weighted by Crippen LogP contribution is -2.01. The minimum atomic E-state index is 0.182. The summed E-state index contributed by atoms with van der Waals surface area (Å²) in [6.45, 7) is 0. The number of hydrogen-bond donors (Lipinski definition) is 1. The van der Waals surface area contributed by atoms with Crippen LogP contribution in [0.1, 0.15) is 5.56 Å². The predicted molar refractivity (Wildman–Crippen MR) is 66.2 cm³/mol. The summed E-state index contributed by atoms with van der Waals surface area (Å²) in [6, 6.07) is 9.14. The van der Waals surface area contributed by atoms with E-state index in [-0.39, 0.29) is 5.95 Å². The van der Waals surface area contributed by atoms with Gasteiger partial charge in [0.05, 0.1) is 11.6 Å². The summed E-state index contributed by atoms with van der Waals surface area (Å²) >= 11 is 1.39. The molecule has 0 aliphatic carbocycles. The van der Waals surface area contributed by atoms with Crippen LogP contribution in [-0.4, -0.2) is 21.2 Å². The van der Waals surface area contributed by atoms with Crippen molar-refractivity contribution < 1.29 is 0 Å². The summed E-state index contributed by atoms with van der Waals surface area (Å²) in [5.74, 6) is 0.667. The summed E-state index contributed by atoms with van der Waals surface area (Å²) in [4.78, 5) is 12.3. The van der Waals surface area contributed by atoms with Gasteiger partial charge in [-0.15, -0.1) is 0 Å². The first-order valence-electron chi connectivity index (χ1n) is 4.79. The monoisotopic (exact) mass is 243 g/mol. The smallest absolute Gasteiger partial charge is 0.224 e. The molecule has 2 N–H and O–H groups in total. The number of nitrogens with zero attached hydrogens (tertiary/aromatic N) is 4. The predicted octanol–water partition coefficient (Wildman–Crippen LogP) is 1.71. The van der Waals surface area contributed by atoms with E-state index in [4.69, 9.17) is 11.0 Å². The molecule has 0 amide bonds. The second kappa shape index (κ2) is 4.80. The summed E-state index contributed by atoms with van der Waals surface area (Å²) in [6.07, 6.45) is 1.87. The maximum Gasteiger partial charge on any atom is 0.224 e. The lowest BCUT2D eigenvalue weighted by molar-refractivity contribution is 0.927. The number of anilines is 1. The fraction of sp³-hybridized carbons (Fsp3) is 0.0909. The van der Waals surface area contributed by atoms with Crippen molar-refractivity contribution >= 4 is 17.7 Å². The zero-order valence-corrected chi connectivity index (χ0v) is 9.90. The Morgan fingerprint density at radius 2 is 2.12 bits per heavy atom. The van der Waals surface area contributed by atoms with Gasteiger partial charge in [0.1, 0.15) is 0 Å². The van der Waals surface area contributed by atoms with E-state index in [1.165, 1.54) is 11.8 Å². The average Bonchev–Trinajstić information content (AvgIpc) is 2.38. The largest absolute Gasteiger partial charge is 0.368 e. The molecule has 0 aliphatic heterocycles. The Morgan fingerprint density at radius 1 is 1.29 bits per heavy atom. The molecule has 84 valence electrons. The van der Waals surface area contributed by atoms with Crippen LogP contribution in [0.15, 0.2) is 29.4 Å². The lowest BCUT2D eigenvalue weighted by atomic mass is 10.1. The topological polar surface area (TPSA) is 88.5 Å². The van der Waals surface area contributed by atoms with Gasteiger partial charge in [-0.25, -0.2) is 4.98 Å². The molecule has 0 atom stereocenters. The minimum absolute atomic E-state index is 0.182. The Balaban J connectivity index is 2.52. The molecule has 0 spiro atoms. The molecule has 0 fully saturated rings. The van der Waals surface area contributed by atoms with Gasteiger partial charge in [-0.3, -0.25) is 0 Å². The number of nitrogen functional groups attached to an aromatic ring is 1. The number of thioether (sulfide) groups is 1. The van der Waals surface area contributed by atoms with Crippen molar-refractivity contribution in [2.45, 2.75) is 5.16 Å². The molecule has 2 aromatic rings. The molecule has 6 heteroatoms. The van der Waals surface area contributed by atoms with Crippen LogP contribution in [0.5, 0.6) is 0 Å². The highest BCUT2D eigenvalue weighted by Gasteiger charge is 2.06. The van der Waals surface area contributed by atoms with E-state index in [9.17, 15) is 0 Å². The van der Waals surface area contributed by atoms with Gasteiger partial charge >= 0.3 is 0 Å². The van der Waals surface area contributed by atoms with Crippen molar-refractivity contribution in [3.8, 4) is 17.5 Å². The molecule has 17 heavy (non-hydrogen) atoms. The summed E-state index contributed by atoms with van der Waals surface area (Å²) in [7, 11) is 0. The third-order valence-corrected chi connectivity index (χ3v) is 2.61. The average molecular weight is 243 g/mol. The number of nitriles is 1. The van der Waals surface area contributed by atoms with Crippen molar-refractivity contribution in [2.75, 3.05) is 12.0 Å². The molecule has 1 aromatic heterocycles. The van der Waals surface area contributed by atoms with Gasteiger partial charge in [0.25, 0.3) is 0 Å². The highest BCUT2D eigenvalue weighted by Crippen LogP contribution is 2.19. The Labute approximate surface area is 103 Å². The standard InChI is InChI=1S/C11H9N5S/c1-17-11-15-9(14-10(13)16-11)8-4-2-3-7(5-8)6-12/h2-5H,1H3,(H2,13,14,15,16). The van der Waals surface area contributed by atoms with Crippen LogP contribution in [0.25, 0.3) is 11.4 Å². The summed E-state index contributed by atoms with van der Waals surface area (Å²) < 4.78 is 0. The fourth-order valence-corrected chi connectivity index (χ4v) is 1.68. The number of nitrogens with two attached hydrogens (primary N) is 1. The van der Waals surface area contributed by atoms with Crippen molar-refractivity contribution in [3.05, 3.63) is 29.8 Å². The first-order valence-corrected chi connectivity index (χ1v) is 6.01. The van der Waals surface area contributed by atoms with Crippen molar-refractivity contribution in [3.63, 3.8) is 0 Å². The molecule has 5 nitrogen and oxygen atoms in total. The third kappa shape index (κ3) is 2.52. The van der Waals surface area contributed by atoms with Gasteiger partial charge in [0.2, 0.25) is 5.95 Å². The van der Waals surface area contributed by atoms with Crippen LogP contribution in [0.2, 0.25) is 0 Å². The van der Waals surface area contributed by atoms with Crippen LogP contribution in [0, 0.1) is 11.3 Å². The summed E-state index contributed by atoms with van der Waals surface area (Å²) in [5, 5.41) is 9.40. The molecule has 0 saturated carbocycles. The fourth-order valence-electron chi connectivity index (χ4n) is 1.32. The quantitative estimate of drug-likeness (QED) is 0.808. The molecular formula is C11H9N5S. The molecular weight excluding hydrogens is 234 g/mol. The zero-order valence-electron chi connectivity index (χ0n) is 9.08. The van der Waals surface area contributed by atoms with Gasteiger partial charge in [-0.2, -0.15) is 15.2 Å². The number of aromatic nitrogens is 3. The Hall–Kier alpha value is -2.13. The van der Waals surface area contributed by atoms with E-state index in [1.54, 1.807) is 18.2 Å². The van der Waals surface area contributed by atoms with Crippen LogP contribution >= 0.6 is 11.8 Å². The van der Waals surface area contributed by atoms with Gasteiger partial charge in [-0.1, -0.05) is 23.9 Å². The van der Waals surface area contributed by atoms with Crippen molar-refractivity contribution in [1.29, 1.82) is 5.26 Å². The summed E-state index contributed by atoms with van der Waals surface area (Å²) in [5.41, 5.74) is 6.92. The van der Waals surface area contributed by atoms with Crippen LogP contribution in [0.4, 0.5) is 5.95 Å². The Morgan fingerprint density at radius 3 is 2.82 bits per heavy atom. The molecule has 0 saturated heterocycles. The van der Waals surface area contributed by atoms with E-state index in [0.717, 1.165) is 5.56 Å². The minimum Gasteiger partial charge on any atom is -0.368 e. The second-order valence-corrected chi connectivity index (χ2v) is 3.97. The first kappa shape index (κ1) is 11.4. The molecule has 0 radical (unpaired) electrons. The van der Waals surface area contributed by atoms with E-state index >= 15 is 0 Å². The number of benzene rings is 1. The van der Waals surface area contributed by atoms with Crippen LogP contribution in [0.3, 0.4) is 0 Å². The van der Waals surface area contributed by atoms with E-state index in [2.05, 4.69) is 21.0 Å². The molecule has 1 aromatic carbocycles. The molecule has 1 heterocycles. The Kier molecular flexibility index (Phi) is 3.21. The maximum absolute atomic E-state index is 8.83. The van der Waals surface area contributed by atoms with Crippen molar-refractivity contribution in [2.24, 2.45) is 0 Å². The van der Waals surface area contributed by atoms with Crippen LogP contribution in [-0.2, 0) is 0 Å². The number of hydrogen-bond acceptors (Lipinski definition) is 6. The Bertz CT molecular complexity index is 591. The van der Waals surface area contributed by atoms with E-state index < -0.39 is 0 Å². The number of rotatable bonds is 2. The maximum atomic E-state index is 8.83. The molecule has 0 unspecified atom stereocenters. The van der Waals surface area contributed by atoms with Crippen LogP contribution < -0.4 is 5.73 Å². The van der Waals surface area contributed by atoms with E-state index in [0.29, 0.717) is 16.5 Å². The second-order valence-electron chi connectivity index (χ2n) is 3.20. The first-order chi connectivity index (χ1) is 8.22. The third-order valence-electron chi connectivity index (χ3n) is 2.06. The normalized spacial score (nSPS) is 9.88. The highest BCUT2D eigenvalue weighted by molar-refractivity contribution is 7.98. The molecule has 0 bridgehead atoms. The van der Waals surface area contributed by atoms with Gasteiger partial charge < -0.3 is 5.73 Å². The van der Waals surface area contributed by atoms with Gasteiger partial charge in [0, 0.05) is 5.56 Å². The van der Waals surface area contributed by atoms with Crippen molar-refractivity contribution in [1.82, 2.24) is 15.0 Å². The van der Waals surface area contributed by atoms with Gasteiger partial charge in [0.15, 0.2) is 11.0 Å². The van der Waals surface area contributed by atoms with E-state index in [1.807, 2.05) is 12.3 Å². The molecule has 2 rings (SSSR count). The SMILES string of the molecule is CSc1nc(N)nc(-c2cccc(C#N)c2)n1. The lowest BCUT2D eigenvalue weighted by Gasteiger charge is -2.03.